The number of rotatable bonds is 4. The number of aryl methyl sites for hydroxylation is 2. The fourth-order valence-corrected chi connectivity index (χ4v) is 4.06. The first-order valence-electron chi connectivity index (χ1n) is 9.74. The third kappa shape index (κ3) is 3.60. The Labute approximate surface area is 161 Å². The van der Waals surface area contributed by atoms with Gasteiger partial charge in [-0.15, -0.1) is 0 Å². The van der Waals surface area contributed by atoms with E-state index in [1.807, 2.05) is 4.90 Å². The van der Waals surface area contributed by atoms with Crippen molar-refractivity contribution in [3.05, 3.63) is 77.4 Å². The van der Waals surface area contributed by atoms with Gasteiger partial charge in [0.05, 0.1) is 6.54 Å². The van der Waals surface area contributed by atoms with Gasteiger partial charge in [0.1, 0.15) is 0 Å². The minimum absolute atomic E-state index is 0.113. The number of hydrogen-bond acceptors (Lipinski definition) is 2. The van der Waals surface area contributed by atoms with E-state index in [1.54, 1.807) is 0 Å². The molecule has 0 aromatic heterocycles. The van der Waals surface area contributed by atoms with Gasteiger partial charge in [0.25, 0.3) is 0 Å². The Balaban J connectivity index is 1.48. The lowest BCUT2D eigenvalue weighted by Gasteiger charge is -2.30. The number of carbonyl (C=O) groups excluding carboxylic acids is 1. The average molecular weight is 358 g/mol. The SMILES string of the molecule is Cc1ccc2c(c1)CCCN2C(=O)CNC(C)c1cccc2ccccc12. The van der Waals surface area contributed by atoms with E-state index >= 15 is 0 Å². The van der Waals surface area contributed by atoms with Gasteiger partial charge in [-0.1, -0.05) is 60.2 Å². The molecule has 1 aliphatic heterocycles. The number of fused-ring (bicyclic) bond motifs is 2. The van der Waals surface area contributed by atoms with Gasteiger partial charge >= 0.3 is 0 Å². The summed E-state index contributed by atoms with van der Waals surface area (Å²) in [6.07, 6.45) is 2.09. The van der Waals surface area contributed by atoms with Gasteiger partial charge in [0, 0.05) is 18.3 Å². The third-order valence-electron chi connectivity index (χ3n) is 5.50. The molecular weight excluding hydrogens is 332 g/mol. The molecule has 0 radical (unpaired) electrons. The molecule has 4 rings (SSSR count). The number of carbonyl (C=O) groups is 1. The minimum atomic E-state index is 0.113. The van der Waals surface area contributed by atoms with Crippen LogP contribution in [0.2, 0.25) is 0 Å². The molecule has 0 saturated heterocycles. The Bertz CT molecular complexity index is 974. The van der Waals surface area contributed by atoms with E-state index in [9.17, 15) is 4.79 Å². The fraction of sp³-hybridized carbons (Fsp3) is 0.292. The summed E-state index contributed by atoms with van der Waals surface area (Å²) in [4.78, 5) is 14.9. The third-order valence-corrected chi connectivity index (χ3v) is 5.50. The standard InChI is InChI=1S/C24H26N2O/c1-17-12-13-23-20(15-17)9-6-14-26(23)24(27)16-25-18(2)21-11-5-8-19-7-3-4-10-22(19)21/h3-5,7-8,10-13,15,18,25H,6,9,14,16H2,1-2H3. The molecule has 3 heteroatoms. The highest BCUT2D eigenvalue weighted by molar-refractivity contribution is 5.96. The highest BCUT2D eigenvalue weighted by Crippen LogP contribution is 2.28. The summed E-state index contributed by atoms with van der Waals surface area (Å²) in [5.41, 5.74) is 4.86. The highest BCUT2D eigenvalue weighted by Gasteiger charge is 2.22. The molecule has 0 bridgehead atoms. The van der Waals surface area contributed by atoms with Crippen LogP contribution in [0.3, 0.4) is 0 Å². The summed E-state index contributed by atoms with van der Waals surface area (Å²) in [6.45, 7) is 5.38. The van der Waals surface area contributed by atoms with Crippen molar-refractivity contribution < 1.29 is 4.79 Å². The van der Waals surface area contributed by atoms with E-state index in [2.05, 4.69) is 79.8 Å². The van der Waals surface area contributed by atoms with Gasteiger partial charge in [0.2, 0.25) is 5.91 Å². The maximum absolute atomic E-state index is 12.9. The largest absolute Gasteiger partial charge is 0.311 e. The monoisotopic (exact) mass is 358 g/mol. The van der Waals surface area contributed by atoms with Crippen LogP contribution in [0.1, 0.15) is 36.1 Å². The van der Waals surface area contributed by atoms with Crippen molar-refractivity contribution in [2.24, 2.45) is 0 Å². The zero-order chi connectivity index (χ0) is 18.8. The summed E-state index contributed by atoms with van der Waals surface area (Å²) in [7, 11) is 0. The molecule has 1 N–H and O–H groups in total. The summed E-state index contributed by atoms with van der Waals surface area (Å²) in [5, 5.41) is 5.91. The Kier molecular flexibility index (Phi) is 4.95. The zero-order valence-corrected chi connectivity index (χ0v) is 16.0. The lowest BCUT2D eigenvalue weighted by atomic mass is 9.99. The van der Waals surface area contributed by atoms with Crippen molar-refractivity contribution >= 4 is 22.4 Å². The van der Waals surface area contributed by atoms with E-state index < -0.39 is 0 Å². The second-order valence-corrected chi connectivity index (χ2v) is 7.45. The normalized spacial score (nSPS) is 14.8. The van der Waals surface area contributed by atoms with Crippen molar-refractivity contribution in [2.45, 2.75) is 32.7 Å². The van der Waals surface area contributed by atoms with Crippen LogP contribution in [0.25, 0.3) is 10.8 Å². The van der Waals surface area contributed by atoms with Crippen LogP contribution in [-0.4, -0.2) is 19.0 Å². The van der Waals surface area contributed by atoms with Gasteiger partial charge in [-0.25, -0.2) is 0 Å². The molecule has 0 aliphatic carbocycles. The number of nitrogens with zero attached hydrogens (tertiary/aromatic N) is 1. The molecule has 1 aliphatic rings. The molecule has 3 nitrogen and oxygen atoms in total. The summed E-state index contributed by atoms with van der Waals surface area (Å²) >= 11 is 0. The van der Waals surface area contributed by atoms with E-state index in [4.69, 9.17) is 0 Å². The second kappa shape index (κ2) is 7.53. The zero-order valence-electron chi connectivity index (χ0n) is 16.0. The predicted octanol–water partition coefficient (Wildman–Crippen LogP) is 4.78. The number of anilines is 1. The van der Waals surface area contributed by atoms with E-state index in [-0.39, 0.29) is 11.9 Å². The van der Waals surface area contributed by atoms with E-state index in [1.165, 1.54) is 27.5 Å². The van der Waals surface area contributed by atoms with Crippen molar-refractivity contribution in [1.82, 2.24) is 5.32 Å². The molecular formula is C24H26N2O. The first-order valence-corrected chi connectivity index (χ1v) is 9.74. The molecule has 0 saturated carbocycles. The Hall–Kier alpha value is -2.65. The van der Waals surface area contributed by atoms with Crippen LogP contribution < -0.4 is 10.2 Å². The number of benzene rings is 3. The molecule has 1 heterocycles. The number of amides is 1. The van der Waals surface area contributed by atoms with Crippen molar-refractivity contribution in [1.29, 1.82) is 0 Å². The minimum Gasteiger partial charge on any atom is -0.311 e. The van der Waals surface area contributed by atoms with Crippen LogP contribution >= 0.6 is 0 Å². The first-order chi connectivity index (χ1) is 13.1. The topological polar surface area (TPSA) is 32.3 Å². The number of hydrogen-bond donors (Lipinski definition) is 1. The molecule has 3 aromatic rings. The summed E-state index contributed by atoms with van der Waals surface area (Å²) in [5.74, 6) is 0.145. The molecule has 0 spiro atoms. The van der Waals surface area contributed by atoms with Crippen LogP contribution in [-0.2, 0) is 11.2 Å². The Morgan fingerprint density at radius 2 is 1.93 bits per heavy atom. The van der Waals surface area contributed by atoms with E-state index in [0.717, 1.165) is 25.1 Å². The maximum Gasteiger partial charge on any atom is 0.240 e. The van der Waals surface area contributed by atoms with Crippen LogP contribution in [0.4, 0.5) is 5.69 Å². The van der Waals surface area contributed by atoms with Crippen molar-refractivity contribution in [2.75, 3.05) is 18.0 Å². The summed E-state index contributed by atoms with van der Waals surface area (Å²) in [6, 6.07) is 21.3. The summed E-state index contributed by atoms with van der Waals surface area (Å²) < 4.78 is 0. The van der Waals surface area contributed by atoms with Crippen LogP contribution in [0.15, 0.2) is 60.7 Å². The lowest BCUT2D eigenvalue weighted by molar-refractivity contribution is -0.118. The van der Waals surface area contributed by atoms with Gasteiger partial charge < -0.3 is 10.2 Å². The highest BCUT2D eigenvalue weighted by atomic mass is 16.2. The van der Waals surface area contributed by atoms with Gasteiger partial charge in [0.15, 0.2) is 0 Å². The molecule has 27 heavy (non-hydrogen) atoms. The van der Waals surface area contributed by atoms with Crippen molar-refractivity contribution in [3.8, 4) is 0 Å². The van der Waals surface area contributed by atoms with Gasteiger partial charge in [-0.3, -0.25) is 4.79 Å². The van der Waals surface area contributed by atoms with Gasteiger partial charge in [-0.05, 0) is 54.7 Å². The first kappa shape index (κ1) is 17.7. The average Bonchev–Trinajstić information content (AvgIpc) is 2.70. The molecule has 0 fully saturated rings. The number of nitrogens with one attached hydrogen (secondary N) is 1. The van der Waals surface area contributed by atoms with Crippen molar-refractivity contribution in [3.63, 3.8) is 0 Å². The molecule has 138 valence electrons. The Morgan fingerprint density at radius 3 is 2.81 bits per heavy atom. The fourth-order valence-electron chi connectivity index (χ4n) is 4.06. The predicted molar refractivity (Wildman–Crippen MR) is 112 cm³/mol. The molecule has 3 aromatic carbocycles. The molecule has 1 amide bonds. The Morgan fingerprint density at radius 1 is 1.11 bits per heavy atom. The smallest absolute Gasteiger partial charge is 0.240 e. The molecule has 1 unspecified atom stereocenters. The van der Waals surface area contributed by atoms with Gasteiger partial charge in [-0.2, -0.15) is 0 Å². The maximum atomic E-state index is 12.9. The molecule has 1 atom stereocenters. The van der Waals surface area contributed by atoms with Crippen LogP contribution in [0.5, 0.6) is 0 Å². The second-order valence-electron chi connectivity index (χ2n) is 7.45. The van der Waals surface area contributed by atoms with E-state index in [0.29, 0.717) is 6.54 Å². The van der Waals surface area contributed by atoms with Crippen LogP contribution in [0, 0.1) is 6.92 Å². The quantitative estimate of drug-likeness (QED) is 0.728. The lowest BCUT2D eigenvalue weighted by Crippen LogP contribution is -2.41.